The van der Waals surface area contributed by atoms with E-state index in [9.17, 15) is 19.3 Å². The van der Waals surface area contributed by atoms with Gasteiger partial charge < -0.3 is 4.74 Å². The monoisotopic (exact) mass is 289 g/mol. The van der Waals surface area contributed by atoms with Gasteiger partial charge in [0.05, 0.1) is 4.92 Å². The fraction of sp³-hybridized carbons (Fsp3) is 0.133. The summed E-state index contributed by atoms with van der Waals surface area (Å²) in [6, 6.07) is 10.2. The highest BCUT2D eigenvalue weighted by Crippen LogP contribution is 2.20. The molecule has 6 heteroatoms. The lowest BCUT2D eigenvalue weighted by atomic mass is 10.1. The van der Waals surface area contributed by atoms with Crippen LogP contribution in [0.3, 0.4) is 0 Å². The number of ketones is 1. The number of nitrogens with zero attached hydrogens (tertiary/aromatic N) is 1. The lowest BCUT2D eigenvalue weighted by molar-refractivity contribution is -0.387. The van der Waals surface area contributed by atoms with Gasteiger partial charge in [0.15, 0.2) is 5.78 Å². The maximum atomic E-state index is 13.5. The Balaban J connectivity index is 2.10. The summed E-state index contributed by atoms with van der Waals surface area (Å²) >= 11 is 0. The summed E-state index contributed by atoms with van der Waals surface area (Å²) in [6.45, 7) is 1.50. The minimum Gasteiger partial charge on any atom is -0.489 e. The minimum absolute atomic E-state index is 0.0519. The Kier molecular flexibility index (Phi) is 4.27. The molecule has 5 nitrogen and oxygen atoms in total. The van der Waals surface area contributed by atoms with Gasteiger partial charge in [-0.2, -0.15) is 4.39 Å². The van der Waals surface area contributed by atoms with Crippen molar-refractivity contribution in [3.05, 3.63) is 69.5 Å². The van der Waals surface area contributed by atoms with Crippen LogP contribution < -0.4 is 4.74 Å². The number of hydrogen-bond donors (Lipinski definition) is 0. The standard InChI is InChI=1S/C15H12FNO4/c1-10(18)12-3-2-4-13(8-12)21-9-11-5-6-15(17(19)20)14(16)7-11/h2-8H,9H2,1H3. The van der Waals surface area contributed by atoms with E-state index in [1.54, 1.807) is 24.3 Å². The second-order valence-corrected chi connectivity index (χ2v) is 4.42. The van der Waals surface area contributed by atoms with Crippen LogP contribution in [0.2, 0.25) is 0 Å². The third-order valence-corrected chi connectivity index (χ3v) is 2.85. The minimum atomic E-state index is -0.904. The average molecular weight is 289 g/mol. The molecular weight excluding hydrogens is 277 g/mol. The molecule has 0 amide bonds. The Morgan fingerprint density at radius 1 is 1.29 bits per heavy atom. The molecule has 0 saturated heterocycles. The van der Waals surface area contributed by atoms with E-state index >= 15 is 0 Å². The van der Waals surface area contributed by atoms with E-state index in [4.69, 9.17) is 4.74 Å². The van der Waals surface area contributed by atoms with E-state index in [0.717, 1.165) is 12.1 Å². The fourth-order valence-corrected chi connectivity index (χ4v) is 1.76. The summed E-state index contributed by atoms with van der Waals surface area (Å²) in [6.07, 6.45) is 0. The van der Waals surface area contributed by atoms with Crippen LogP contribution in [0.15, 0.2) is 42.5 Å². The molecule has 2 rings (SSSR count). The predicted molar refractivity (Wildman–Crippen MR) is 73.8 cm³/mol. The van der Waals surface area contributed by atoms with E-state index < -0.39 is 16.4 Å². The molecule has 0 atom stereocenters. The lowest BCUT2D eigenvalue weighted by Crippen LogP contribution is -1.99. The highest BCUT2D eigenvalue weighted by Gasteiger charge is 2.13. The number of carbonyl (C=O) groups excluding carboxylic acids is 1. The van der Waals surface area contributed by atoms with Crippen molar-refractivity contribution in [1.82, 2.24) is 0 Å². The van der Waals surface area contributed by atoms with Crippen molar-refractivity contribution < 1.29 is 18.8 Å². The van der Waals surface area contributed by atoms with Crippen LogP contribution in [0.1, 0.15) is 22.8 Å². The Morgan fingerprint density at radius 2 is 2.05 bits per heavy atom. The molecule has 21 heavy (non-hydrogen) atoms. The SMILES string of the molecule is CC(=O)c1cccc(OCc2ccc([N+](=O)[O-])c(F)c2)c1. The molecule has 0 radical (unpaired) electrons. The molecule has 0 unspecified atom stereocenters. The first-order chi connectivity index (χ1) is 9.97. The van der Waals surface area contributed by atoms with Crippen LogP contribution in [0.5, 0.6) is 5.75 Å². The van der Waals surface area contributed by atoms with E-state index in [2.05, 4.69) is 0 Å². The zero-order valence-corrected chi connectivity index (χ0v) is 11.2. The van der Waals surface area contributed by atoms with Crippen molar-refractivity contribution >= 4 is 11.5 Å². The molecule has 0 fully saturated rings. The normalized spacial score (nSPS) is 10.2. The van der Waals surface area contributed by atoms with Crippen LogP contribution >= 0.6 is 0 Å². The fourth-order valence-electron chi connectivity index (χ4n) is 1.76. The number of benzene rings is 2. The van der Waals surface area contributed by atoms with E-state index in [1.165, 1.54) is 13.0 Å². The van der Waals surface area contributed by atoms with Crippen molar-refractivity contribution in [2.75, 3.05) is 0 Å². The third kappa shape index (κ3) is 3.62. The number of rotatable bonds is 5. The molecular formula is C15H12FNO4. The zero-order valence-electron chi connectivity index (χ0n) is 11.2. The van der Waals surface area contributed by atoms with E-state index in [0.29, 0.717) is 16.9 Å². The average Bonchev–Trinajstić information content (AvgIpc) is 2.45. The van der Waals surface area contributed by atoms with Gasteiger partial charge in [-0.25, -0.2) is 0 Å². The quantitative estimate of drug-likeness (QED) is 0.480. The predicted octanol–water partition coefficient (Wildman–Crippen LogP) is 3.52. The zero-order chi connectivity index (χ0) is 15.4. The third-order valence-electron chi connectivity index (χ3n) is 2.85. The Labute approximate surface area is 120 Å². The van der Waals surface area contributed by atoms with Crippen molar-refractivity contribution in [3.8, 4) is 5.75 Å². The summed E-state index contributed by atoms with van der Waals surface area (Å²) in [7, 11) is 0. The first-order valence-corrected chi connectivity index (χ1v) is 6.14. The molecule has 0 spiro atoms. The second-order valence-electron chi connectivity index (χ2n) is 4.42. The maximum absolute atomic E-state index is 13.5. The highest BCUT2D eigenvalue weighted by atomic mass is 19.1. The van der Waals surface area contributed by atoms with Crippen LogP contribution in [0, 0.1) is 15.9 Å². The molecule has 0 aliphatic heterocycles. The largest absolute Gasteiger partial charge is 0.489 e. The van der Waals surface area contributed by atoms with Gasteiger partial charge in [0.2, 0.25) is 5.82 Å². The summed E-state index contributed by atoms with van der Waals surface area (Å²) in [5.41, 5.74) is 0.408. The molecule has 0 heterocycles. The summed E-state index contributed by atoms with van der Waals surface area (Å²) < 4.78 is 18.9. The Bertz CT molecular complexity index is 700. The molecule has 0 aliphatic rings. The van der Waals surface area contributed by atoms with Crippen LogP contribution in [0.25, 0.3) is 0 Å². The van der Waals surface area contributed by atoms with Gasteiger partial charge in [-0.15, -0.1) is 0 Å². The number of hydrogen-bond acceptors (Lipinski definition) is 4. The summed E-state index contributed by atoms with van der Waals surface area (Å²) in [5.74, 6) is -0.512. The molecule has 0 aliphatic carbocycles. The van der Waals surface area contributed by atoms with E-state index in [-0.39, 0.29) is 12.4 Å². The molecule has 0 aromatic heterocycles. The molecule has 108 valence electrons. The number of Topliss-reactive ketones (excluding diaryl/α,β-unsaturated/α-hetero) is 1. The topological polar surface area (TPSA) is 69.4 Å². The Morgan fingerprint density at radius 3 is 2.67 bits per heavy atom. The molecule has 0 saturated carbocycles. The number of ether oxygens (including phenoxy) is 1. The first-order valence-electron chi connectivity index (χ1n) is 6.14. The molecule has 0 bridgehead atoms. The lowest BCUT2D eigenvalue weighted by Gasteiger charge is -2.07. The van der Waals surface area contributed by atoms with Crippen LogP contribution in [0.4, 0.5) is 10.1 Å². The van der Waals surface area contributed by atoms with Gasteiger partial charge in [-0.3, -0.25) is 14.9 Å². The Hall–Kier alpha value is -2.76. The van der Waals surface area contributed by atoms with Crippen molar-refractivity contribution in [2.45, 2.75) is 13.5 Å². The number of nitro groups is 1. The van der Waals surface area contributed by atoms with E-state index in [1.807, 2.05) is 0 Å². The molecule has 0 N–H and O–H groups in total. The number of carbonyl (C=O) groups is 1. The number of halogens is 1. The highest BCUT2D eigenvalue weighted by molar-refractivity contribution is 5.94. The number of nitro benzene ring substituents is 1. The van der Waals surface area contributed by atoms with Crippen molar-refractivity contribution in [3.63, 3.8) is 0 Å². The summed E-state index contributed by atoms with van der Waals surface area (Å²) in [5, 5.41) is 10.5. The second kappa shape index (κ2) is 6.13. The van der Waals surface area contributed by atoms with Gasteiger partial charge in [0.25, 0.3) is 0 Å². The van der Waals surface area contributed by atoms with Crippen LogP contribution in [-0.2, 0) is 6.61 Å². The summed E-state index contributed by atoms with van der Waals surface area (Å²) in [4.78, 5) is 21.0. The van der Waals surface area contributed by atoms with Gasteiger partial charge in [0.1, 0.15) is 12.4 Å². The van der Waals surface area contributed by atoms with Crippen molar-refractivity contribution in [2.24, 2.45) is 0 Å². The first kappa shape index (κ1) is 14.6. The van der Waals surface area contributed by atoms with Gasteiger partial charge in [-0.1, -0.05) is 12.1 Å². The van der Waals surface area contributed by atoms with Crippen LogP contribution in [-0.4, -0.2) is 10.7 Å². The maximum Gasteiger partial charge on any atom is 0.304 e. The smallest absolute Gasteiger partial charge is 0.304 e. The van der Waals surface area contributed by atoms with Crippen molar-refractivity contribution in [1.29, 1.82) is 0 Å². The molecule has 2 aromatic carbocycles. The van der Waals surface area contributed by atoms with Gasteiger partial charge in [0, 0.05) is 11.6 Å². The molecule has 2 aromatic rings. The van der Waals surface area contributed by atoms with Gasteiger partial charge >= 0.3 is 5.69 Å². The van der Waals surface area contributed by atoms with Gasteiger partial charge in [-0.05, 0) is 36.8 Å².